The molecule has 1 aromatic carbocycles. The Kier molecular flexibility index (Phi) is 3.65. The Labute approximate surface area is 107 Å². The standard InChI is InChI=1S/C14H17NO3/c1-3-11(16)10-6-4-5-7-12(10)18-13-8-9-15(2)14(13)17/h4-7,13H,3,8-9H2,1-2H3. The molecule has 1 aromatic rings. The molecule has 1 aliphatic rings. The van der Waals surface area contributed by atoms with Crippen LogP contribution in [0.4, 0.5) is 0 Å². The van der Waals surface area contributed by atoms with Gasteiger partial charge >= 0.3 is 0 Å². The van der Waals surface area contributed by atoms with Gasteiger partial charge in [0.1, 0.15) is 5.75 Å². The van der Waals surface area contributed by atoms with Crippen LogP contribution in [0.2, 0.25) is 0 Å². The van der Waals surface area contributed by atoms with Crippen molar-refractivity contribution in [3.8, 4) is 5.75 Å². The van der Waals surface area contributed by atoms with Gasteiger partial charge in [-0.1, -0.05) is 19.1 Å². The van der Waals surface area contributed by atoms with E-state index in [2.05, 4.69) is 0 Å². The van der Waals surface area contributed by atoms with Crippen LogP contribution in [-0.2, 0) is 4.79 Å². The van der Waals surface area contributed by atoms with E-state index in [4.69, 9.17) is 4.74 Å². The van der Waals surface area contributed by atoms with Gasteiger partial charge in [0.05, 0.1) is 5.56 Å². The third-order valence-electron chi connectivity index (χ3n) is 3.16. The highest BCUT2D eigenvalue weighted by atomic mass is 16.5. The summed E-state index contributed by atoms with van der Waals surface area (Å²) in [6.07, 6.45) is 0.642. The van der Waals surface area contributed by atoms with Crippen LogP contribution >= 0.6 is 0 Å². The van der Waals surface area contributed by atoms with E-state index in [0.29, 0.717) is 30.7 Å². The van der Waals surface area contributed by atoms with Crippen LogP contribution in [0.1, 0.15) is 30.1 Å². The van der Waals surface area contributed by atoms with E-state index >= 15 is 0 Å². The van der Waals surface area contributed by atoms with Gasteiger partial charge in [-0.3, -0.25) is 9.59 Å². The minimum atomic E-state index is -0.458. The van der Waals surface area contributed by atoms with E-state index in [-0.39, 0.29) is 11.7 Å². The number of amides is 1. The molecule has 0 aromatic heterocycles. The van der Waals surface area contributed by atoms with E-state index in [1.54, 1.807) is 30.1 Å². The predicted molar refractivity (Wildman–Crippen MR) is 67.7 cm³/mol. The van der Waals surface area contributed by atoms with Gasteiger partial charge in [-0.05, 0) is 12.1 Å². The second kappa shape index (κ2) is 5.21. The lowest BCUT2D eigenvalue weighted by Gasteiger charge is -2.15. The second-order valence-electron chi connectivity index (χ2n) is 4.43. The molecular weight excluding hydrogens is 230 g/mol. The third kappa shape index (κ3) is 2.37. The first-order valence-corrected chi connectivity index (χ1v) is 6.17. The average Bonchev–Trinajstić information content (AvgIpc) is 2.70. The third-order valence-corrected chi connectivity index (χ3v) is 3.16. The normalized spacial score (nSPS) is 19.1. The molecule has 0 aliphatic carbocycles. The van der Waals surface area contributed by atoms with Crippen molar-refractivity contribution in [1.82, 2.24) is 4.90 Å². The molecule has 1 amide bonds. The fourth-order valence-electron chi connectivity index (χ4n) is 2.04. The largest absolute Gasteiger partial charge is 0.480 e. The number of hydrogen-bond donors (Lipinski definition) is 0. The summed E-state index contributed by atoms with van der Waals surface area (Å²) < 4.78 is 5.70. The van der Waals surface area contributed by atoms with Gasteiger partial charge in [-0.15, -0.1) is 0 Å². The molecule has 2 rings (SSSR count). The maximum absolute atomic E-state index is 11.8. The summed E-state index contributed by atoms with van der Waals surface area (Å²) >= 11 is 0. The smallest absolute Gasteiger partial charge is 0.263 e. The van der Waals surface area contributed by atoms with Gasteiger partial charge in [0.25, 0.3) is 5.91 Å². The number of hydrogen-bond acceptors (Lipinski definition) is 3. The van der Waals surface area contributed by atoms with Crippen molar-refractivity contribution >= 4 is 11.7 Å². The summed E-state index contributed by atoms with van der Waals surface area (Å²) in [6.45, 7) is 2.51. The number of rotatable bonds is 4. The summed E-state index contributed by atoms with van der Waals surface area (Å²) in [5.41, 5.74) is 0.558. The quantitative estimate of drug-likeness (QED) is 0.763. The minimum Gasteiger partial charge on any atom is -0.480 e. The summed E-state index contributed by atoms with van der Waals surface area (Å²) in [7, 11) is 1.76. The first kappa shape index (κ1) is 12.6. The van der Waals surface area contributed by atoms with Crippen LogP contribution < -0.4 is 4.74 Å². The molecule has 0 saturated carbocycles. The van der Waals surface area contributed by atoms with Crippen LogP contribution in [0, 0.1) is 0 Å². The van der Waals surface area contributed by atoms with Crippen molar-refractivity contribution in [2.24, 2.45) is 0 Å². The molecule has 0 spiro atoms. The highest BCUT2D eigenvalue weighted by molar-refractivity contribution is 5.98. The van der Waals surface area contributed by atoms with Crippen LogP contribution in [0.25, 0.3) is 0 Å². The summed E-state index contributed by atoms with van der Waals surface area (Å²) in [5, 5.41) is 0. The SMILES string of the molecule is CCC(=O)c1ccccc1OC1CCN(C)C1=O. The predicted octanol–water partition coefficient (Wildman–Crippen LogP) is 1.89. The number of para-hydroxylation sites is 1. The van der Waals surface area contributed by atoms with E-state index in [1.807, 2.05) is 13.0 Å². The number of ketones is 1. The van der Waals surface area contributed by atoms with Crippen molar-refractivity contribution in [2.45, 2.75) is 25.9 Å². The molecule has 1 saturated heterocycles. The molecule has 1 fully saturated rings. The number of nitrogens with zero attached hydrogens (tertiary/aromatic N) is 1. The van der Waals surface area contributed by atoms with E-state index in [1.165, 1.54) is 0 Å². The minimum absolute atomic E-state index is 0.0197. The fourth-order valence-corrected chi connectivity index (χ4v) is 2.04. The average molecular weight is 247 g/mol. The Morgan fingerprint density at radius 2 is 2.17 bits per heavy atom. The lowest BCUT2D eigenvalue weighted by molar-refractivity contribution is -0.132. The Balaban J connectivity index is 2.19. The van der Waals surface area contributed by atoms with Gasteiger partial charge < -0.3 is 9.64 Å². The lowest BCUT2D eigenvalue weighted by atomic mass is 10.1. The van der Waals surface area contributed by atoms with Gasteiger partial charge in [0.2, 0.25) is 0 Å². The maximum atomic E-state index is 11.8. The van der Waals surface area contributed by atoms with Gasteiger partial charge in [-0.25, -0.2) is 0 Å². The second-order valence-corrected chi connectivity index (χ2v) is 4.43. The molecule has 4 heteroatoms. The van der Waals surface area contributed by atoms with Gasteiger partial charge in [0.15, 0.2) is 11.9 Å². The van der Waals surface area contributed by atoms with Crippen molar-refractivity contribution in [3.63, 3.8) is 0 Å². The molecule has 0 bridgehead atoms. The highest BCUT2D eigenvalue weighted by Crippen LogP contribution is 2.24. The first-order valence-electron chi connectivity index (χ1n) is 6.17. The zero-order valence-electron chi connectivity index (χ0n) is 10.7. The molecule has 4 nitrogen and oxygen atoms in total. The maximum Gasteiger partial charge on any atom is 0.263 e. The van der Waals surface area contributed by atoms with Gasteiger partial charge in [-0.2, -0.15) is 0 Å². The van der Waals surface area contributed by atoms with Crippen molar-refractivity contribution in [3.05, 3.63) is 29.8 Å². The molecule has 1 heterocycles. The molecule has 18 heavy (non-hydrogen) atoms. The van der Waals surface area contributed by atoms with E-state index in [0.717, 1.165) is 0 Å². The van der Waals surface area contributed by atoms with Gasteiger partial charge in [0, 0.05) is 26.4 Å². The number of carbonyl (C=O) groups is 2. The molecule has 0 N–H and O–H groups in total. The van der Waals surface area contributed by atoms with Crippen LogP contribution in [-0.4, -0.2) is 36.3 Å². The number of Topliss-reactive ketones (excluding diaryl/α,β-unsaturated/α-hetero) is 1. The van der Waals surface area contributed by atoms with Crippen molar-refractivity contribution in [1.29, 1.82) is 0 Å². The Morgan fingerprint density at radius 1 is 1.44 bits per heavy atom. The zero-order chi connectivity index (χ0) is 13.1. The molecule has 1 aliphatic heterocycles. The summed E-state index contributed by atoms with van der Waals surface area (Å²) in [6, 6.07) is 7.10. The first-order chi connectivity index (χ1) is 8.63. The number of likely N-dealkylation sites (N-methyl/N-ethyl adjacent to an activating group) is 1. The van der Waals surface area contributed by atoms with E-state index < -0.39 is 6.10 Å². The lowest BCUT2D eigenvalue weighted by Crippen LogP contribution is -2.29. The Morgan fingerprint density at radius 3 is 2.78 bits per heavy atom. The summed E-state index contributed by atoms with van der Waals surface area (Å²) in [4.78, 5) is 25.2. The monoisotopic (exact) mass is 247 g/mol. The van der Waals surface area contributed by atoms with Crippen molar-refractivity contribution in [2.75, 3.05) is 13.6 Å². The van der Waals surface area contributed by atoms with Crippen LogP contribution in [0.3, 0.4) is 0 Å². The molecule has 0 radical (unpaired) electrons. The topological polar surface area (TPSA) is 46.6 Å². The molecular formula is C14H17NO3. The van der Waals surface area contributed by atoms with Crippen LogP contribution in [0.15, 0.2) is 24.3 Å². The number of likely N-dealkylation sites (tertiary alicyclic amines) is 1. The summed E-state index contributed by atoms with van der Waals surface area (Å²) in [5.74, 6) is 0.524. The number of benzene rings is 1. The molecule has 1 atom stereocenters. The Hall–Kier alpha value is -1.84. The highest BCUT2D eigenvalue weighted by Gasteiger charge is 2.31. The fraction of sp³-hybridized carbons (Fsp3) is 0.429. The van der Waals surface area contributed by atoms with Crippen LogP contribution in [0.5, 0.6) is 5.75 Å². The van der Waals surface area contributed by atoms with Crippen molar-refractivity contribution < 1.29 is 14.3 Å². The molecule has 1 unspecified atom stereocenters. The van der Waals surface area contributed by atoms with E-state index in [9.17, 15) is 9.59 Å². The zero-order valence-corrected chi connectivity index (χ0v) is 10.7. The molecule has 96 valence electrons. The number of carbonyl (C=O) groups excluding carboxylic acids is 2. The Bertz CT molecular complexity index is 470. The number of ether oxygens (including phenoxy) is 1.